The number of rotatable bonds is 10. The third kappa shape index (κ3) is 5.29. The molecule has 0 saturated carbocycles. The minimum atomic E-state index is -3.51. The molecule has 0 radical (unpaired) electrons. The number of ketones is 1. The van der Waals surface area contributed by atoms with E-state index in [-0.39, 0.29) is 25.4 Å². The van der Waals surface area contributed by atoms with Gasteiger partial charge in [0.2, 0.25) is 0 Å². The van der Waals surface area contributed by atoms with E-state index in [0.29, 0.717) is 11.3 Å². The average Bonchev–Trinajstić information content (AvgIpc) is 2.67. The molecule has 1 atom stereocenters. The lowest BCUT2D eigenvalue weighted by Crippen LogP contribution is -2.13. The van der Waals surface area contributed by atoms with Crippen LogP contribution in [0.4, 0.5) is 0 Å². The second-order valence-corrected chi connectivity index (χ2v) is 8.32. The van der Waals surface area contributed by atoms with Crippen LogP contribution in [0.2, 0.25) is 0 Å². The van der Waals surface area contributed by atoms with Crippen molar-refractivity contribution >= 4 is 13.4 Å². The van der Waals surface area contributed by atoms with Gasteiger partial charge in [0.25, 0.3) is 0 Å². The highest BCUT2D eigenvalue weighted by Gasteiger charge is 2.39. The van der Waals surface area contributed by atoms with E-state index in [1.807, 2.05) is 31.2 Å². The van der Waals surface area contributed by atoms with Gasteiger partial charge in [-0.2, -0.15) is 0 Å². The number of ether oxygens (including phenoxy) is 1. The predicted molar refractivity (Wildman–Crippen MR) is 107 cm³/mol. The zero-order valence-corrected chi connectivity index (χ0v) is 17.2. The summed E-state index contributed by atoms with van der Waals surface area (Å²) in [4.78, 5) is 12.9. The Balaban J connectivity index is 2.41. The highest BCUT2D eigenvalue weighted by molar-refractivity contribution is 7.54. The SMILES string of the molecule is CCOP(=O)(OCC)[C@@H](CC(=O)c1ccc(OC)cc1)c1ccccc1C. The number of methoxy groups -OCH3 is 1. The van der Waals surface area contributed by atoms with Gasteiger partial charge in [-0.3, -0.25) is 9.36 Å². The van der Waals surface area contributed by atoms with Crippen LogP contribution in [0.1, 0.15) is 47.4 Å². The Kier molecular flexibility index (Phi) is 7.78. The van der Waals surface area contributed by atoms with Crippen molar-refractivity contribution in [2.45, 2.75) is 32.9 Å². The number of carbonyl (C=O) groups is 1. The summed E-state index contributed by atoms with van der Waals surface area (Å²) in [5.74, 6) is 0.557. The summed E-state index contributed by atoms with van der Waals surface area (Å²) in [7, 11) is -1.94. The molecule has 0 unspecified atom stereocenters. The normalized spacial score (nSPS) is 12.6. The number of hydrogen-bond acceptors (Lipinski definition) is 5. The molecule has 6 heteroatoms. The van der Waals surface area contributed by atoms with Crippen LogP contribution in [0.3, 0.4) is 0 Å². The molecule has 0 heterocycles. The molecule has 0 fully saturated rings. The number of aryl methyl sites for hydroxylation is 1. The fraction of sp³-hybridized carbons (Fsp3) is 0.381. The van der Waals surface area contributed by atoms with Crippen LogP contribution in [0.15, 0.2) is 48.5 Å². The Morgan fingerprint density at radius 1 is 1.00 bits per heavy atom. The predicted octanol–water partition coefficient (Wildman–Crippen LogP) is 5.58. The third-order valence-corrected chi connectivity index (χ3v) is 6.80. The maximum Gasteiger partial charge on any atom is 0.338 e. The van der Waals surface area contributed by atoms with Crippen LogP contribution < -0.4 is 4.74 Å². The molecule has 146 valence electrons. The molecule has 0 saturated heterocycles. The Labute approximate surface area is 161 Å². The van der Waals surface area contributed by atoms with Crippen molar-refractivity contribution in [3.63, 3.8) is 0 Å². The Hall–Kier alpha value is -1.94. The first-order valence-corrected chi connectivity index (χ1v) is 10.7. The van der Waals surface area contributed by atoms with Crippen molar-refractivity contribution in [1.29, 1.82) is 0 Å². The molecule has 0 N–H and O–H groups in total. The van der Waals surface area contributed by atoms with Crippen LogP contribution in [0.25, 0.3) is 0 Å². The van der Waals surface area contributed by atoms with Crippen molar-refractivity contribution in [2.75, 3.05) is 20.3 Å². The lowest BCUT2D eigenvalue weighted by atomic mass is 9.99. The van der Waals surface area contributed by atoms with Gasteiger partial charge < -0.3 is 13.8 Å². The standard InChI is InChI=1S/C21H27O5P/c1-5-25-27(23,26-6-2)21(19-10-8-7-9-16(19)3)15-20(22)17-11-13-18(24-4)14-12-17/h7-14,21H,5-6,15H2,1-4H3/t21-/m0/s1. The molecule has 0 aliphatic heterocycles. The van der Waals surface area contributed by atoms with Crippen LogP contribution in [0.5, 0.6) is 5.75 Å². The molecule has 27 heavy (non-hydrogen) atoms. The Morgan fingerprint density at radius 3 is 2.11 bits per heavy atom. The monoisotopic (exact) mass is 390 g/mol. The summed E-state index contributed by atoms with van der Waals surface area (Å²) in [6.45, 7) is 5.97. The summed E-state index contributed by atoms with van der Waals surface area (Å²) < 4.78 is 29.8. The molecule has 0 aliphatic rings. The zero-order valence-electron chi connectivity index (χ0n) is 16.3. The molecule has 5 nitrogen and oxygen atoms in total. The van der Waals surface area contributed by atoms with E-state index < -0.39 is 13.3 Å². The first-order chi connectivity index (χ1) is 12.9. The van der Waals surface area contributed by atoms with E-state index >= 15 is 0 Å². The molecular weight excluding hydrogens is 363 g/mol. The quantitative estimate of drug-likeness (QED) is 0.391. The van der Waals surface area contributed by atoms with E-state index in [9.17, 15) is 9.36 Å². The first-order valence-electron chi connectivity index (χ1n) is 9.06. The maximum absolute atomic E-state index is 13.5. The van der Waals surface area contributed by atoms with Crippen LogP contribution in [0, 0.1) is 6.92 Å². The van der Waals surface area contributed by atoms with E-state index in [1.54, 1.807) is 45.2 Å². The highest BCUT2D eigenvalue weighted by Crippen LogP contribution is 2.63. The summed E-state index contributed by atoms with van der Waals surface area (Å²) in [5.41, 5.74) is 1.64. The topological polar surface area (TPSA) is 61.8 Å². The van der Waals surface area contributed by atoms with E-state index in [0.717, 1.165) is 11.1 Å². The average molecular weight is 390 g/mol. The van der Waals surface area contributed by atoms with Crippen LogP contribution >= 0.6 is 7.60 Å². The molecule has 2 aromatic carbocycles. The van der Waals surface area contributed by atoms with Crippen molar-refractivity contribution in [1.82, 2.24) is 0 Å². The van der Waals surface area contributed by atoms with Crippen LogP contribution in [-0.2, 0) is 13.6 Å². The summed E-state index contributed by atoms with van der Waals surface area (Å²) in [5, 5.41) is 0. The largest absolute Gasteiger partial charge is 0.497 e. The number of Topliss-reactive ketones (excluding diaryl/α,β-unsaturated/α-hetero) is 1. The van der Waals surface area contributed by atoms with E-state index in [2.05, 4.69) is 0 Å². The molecule has 0 bridgehead atoms. The van der Waals surface area contributed by atoms with Gasteiger partial charge in [-0.1, -0.05) is 24.3 Å². The van der Waals surface area contributed by atoms with Gasteiger partial charge in [0.05, 0.1) is 26.0 Å². The fourth-order valence-electron chi connectivity index (χ4n) is 3.00. The third-order valence-electron chi connectivity index (χ3n) is 4.34. The minimum absolute atomic E-state index is 0.0362. The summed E-state index contributed by atoms with van der Waals surface area (Å²) in [6, 6.07) is 14.5. The lowest BCUT2D eigenvalue weighted by Gasteiger charge is -2.27. The van der Waals surface area contributed by atoms with Crippen molar-refractivity contribution in [3.8, 4) is 5.75 Å². The molecule has 0 amide bonds. The van der Waals surface area contributed by atoms with Gasteiger partial charge in [0, 0.05) is 12.0 Å². The van der Waals surface area contributed by atoms with E-state index in [4.69, 9.17) is 13.8 Å². The smallest absolute Gasteiger partial charge is 0.338 e. The number of carbonyl (C=O) groups excluding carboxylic acids is 1. The molecule has 0 aliphatic carbocycles. The van der Waals surface area contributed by atoms with Crippen molar-refractivity contribution < 1.29 is 23.1 Å². The summed E-state index contributed by atoms with van der Waals surface area (Å²) in [6.07, 6.45) is 0.0362. The van der Waals surface area contributed by atoms with Crippen molar-refractivity contribution in [3.05, 3.63) is 65.2 Å². The molecule has 2 aromatic rings. The summed E-state index contributed by atoms with van der Waals surface area (Å²) >= 11 is 0. The van der Waals surface area contributed by atoms with Gasteiger partial charge in [-0.15, -0.1) is 0 Å². The molecular formula is C21H27O5P. The molecule has 0 aromatic heterocycles. The fourth-order valence-corrected chi connectivity index (χ4v) is 5.17. The van der Waals surface area contributed by atoms with Gasteiger partial charge >= 0.3 is 7.60 Å². The van der Waals surface area contributed by atoms with Gasteiger partial charge in [0.1, 0.15) is 5.75 Å². The maximum atomic E-state index is 13.5. The first kappa shape index (κ1) is 21.4. The minimum Gasteiger partial charge on any atom is -0.497 e. The molecule has 0 spiro atoms. The van der Waals surface area contributed by atoms with Gasteiger partial charge in [0.15, 0.2) is 5.78 Å². The van der Waals surface area contributed by atoms with E-state index in [1.165, 1.54) is 0 Å². The second-order valence-electron chi connectivity index (χ2n) is 6.10. The zero-order chi connectivity index (χ0) is 19.9. The van der Waals surface area contributed by atoms with Gasteiger partial charge in [-0.25, -0.2) is 0 Å². The highest BCUT2D eigenvalue weighted by atomic mass is 31.2. The number of hydrogen-bond donors (Lipinski definition) is 0. The Bertz CT molecular complexity index is 790. The van der Waals surface area contributed by atoms with Gasteiger partial charge in [-0.05, 0) is 56.2 Å². The second kappa shape index (κ2) is 9.84. The van der Waals surface area contributed by atoms with Crippen molar-refractivity contribution in [2.24, 2.45) is 0 Å². The molecule has 2 rings (SSSR count). The Morgan fingerprint density at radius 2 is 1.59 bits per heavy atom. The number of benzene rings is 2. The van der Waals surface area contributed by atoms with Crippen LogP contribution in [-0.4, -0.2) is 26.1 Å². The lowest BCUT2D eigenvalue weighted by molar-refractivity contribution is 0.0973.